The van der Waals surface area contributed by atoms with E-state index in [9.17, 15) is 36.0 Å². The van der Waals surface area contributed by atoms with Crippen molar-refractivity contribution in [2.24, 2.45) is 4.99 Å². The summed E-state index contributed by atoms with van der Waals surface area (Å²) in [5.41, 5.74) is -2.42. The number of amidine groups is 1. The van der Waals surface area contributed by atoms with Gasteiger partial charge in [0.1, 0.15) is 11.9 Å². The van der Waals surface area contributed by atoms with E-state index < -0.39 is 67.8 Å². The van der Waals surface area contributed by atoms with Crippen LogP contribution in [-0.4, -0.2) is 76.4 Å². The molecule has 44 heavy (non-hydrogen) atoms. The third kappa shape index (κ3) is 4.36. The first-order valence-corrected chi connectivity index (χ1v) is 14.5. The van der Waals surface area contributed by atoms with Gasteiger partial charge in [-0.05, 0) is 42.3 Å². The minimum absolute atomic E-state index is 0.111. The third-order valence-corrected chi connectivity index (χ3v) is 9.76. The number of anilines is 1. The molecule has 1 spiro atoms. The second kappa shape index (κ2) is 10.8. The molecule has 0 saturated carbocycles. The van der Waals surface area contributed by atoms with Crippen molar-refractivity contribution in [3.63, 3.8) is 0 Å². The standard InChI is InChI=1S/C29H26F3N3O8S/c1-5-14-34-19-9-7-6-8-18(19)28-15-20(24(36)41-2)35(44(39,40)17-12-10-16(11-13-17)29(30,31)32)27(28)33-22(26(38)43-4)21(23(28)34)25(37)42-3/h5-13,20,23H,1,14-15H2,2-4H3/t20-,23-,28-/m0/s1. The number of hydrogen-bond acceptors (Lipinski definition) is 10. The molecule has 11 nitrogen and oxygen atoms in total. The van der Waals surface area contributed by atoms with Gasteiger partial charge in [0, 0.05) is 12.2 Å². The van der Waals surface area contributed by atoms with Crippen LogP contribution >= 0.6 is 0 Å². The van der Waals surface area contributed by atoms with E-state index in [1.807, 2.05) is 0 Å². The number of fused-ring (bicyclic) bond motifs is 1. The summed E-state index contributed by atoms with van der Waals surface area (Å²) in [6.07, 6.45) is -3.50. The Balaban J connectivity index is 1.86. The van der Waals surface area contributed by atoms with Gasteiger partial charge in [-0.2, -0.15) is 13.2 Å². The second-order valence-corrected chi connectivity index (χ2v) is 11.9. The molecular weight excluding hydrogens is 607 g/mol. The Labute approximate surface area is 250 Å². The molecule has 1 saturated heterocycles. The third-order valence-electron chi connectivity index (χ3n) is 7.95. The number of carbonyl (C=O) groups is 3. The van der Waals surface area contributed by atoms with Gasteiger partial charge in [-0.15, -0.1) is 6.58 Å². The molecule has 0 amide bonds. The van der Waals surface area contributed by atoms with Crippen LogP contribution < -0.4 is 4.90 Å². The van der Waals surface area contributed by atoms with E-state index in [1.165, 1.54) is 6.08 Å². The lowest BCUT2D eigenvalue weighted by Crippen LogP contribution is -2.55. The number of hydrogen-bond donors (Lipinski definition) is 0. The number of carbonyl (C=O) groups excluding carboxylic acids is 3. The number of halogens is 3. The minimum atomic E-state index is -4.85. The number of nitrogens with zero attached hydrogens (tertiary/aromatic N) is 3. The zero-order chi connectivity index (χ0) is 32.2. The van der Waals surface area contributed by atoms with E-state index in [4.69, 9.17) is 14.2 Å². The van der Waals surface area contributed by atoms with Crippen LogP contribution in [0.3, 0.4) is 0 Å². The summed E-state index contributed by atoms with van der Waals surface area (Å²) in [6, 6.07) is 6.78. The lowest BCUT2D eigenvalue weighted by molar-refractivity contribution is -0.144. The predicted molar refractivity (Wildman–Crippen MR) is 149 cm³/mol. The van der Waals surface area contributed by atoms with E-state index in [-0.39, 0.29) is 24.4 Å². The molecule has 2 aromatic carbocycles. The largest absolute Gasteiger partial charge is 0.467 e. The van der Waals surface area contributed by atoms with Crippen LogP contribution in [0.2, 0.25) is 0 Å². The van der Waals surface area contributed by atoms with Gasteiger partial charge in [-0.3, -0.25) is 0 Å². The zero-order valence-electron chi connectivity index (χ0n) is 23.6. The summed E-state index contributed by atoms with van der Waals surface area (Å²) < 4.78 is 84.1. The fourth-order valence-electron chi connectivity index (χ4n) is 6.23. The number of benzene rings is 2. The maximum atomic E-state index is 14.3. The Bertz CT molecular complexity index is 1740. The molecule has 0 aromatic heterocycles. The number of esters is 3. The minimum Gasteiger partial charge on any atom is -0.467 e. The first kappa shape index (κ1) is 30.8. The molecule has 3 heterocycles. The molecule has 0 unspecified atom stereocenters. The first-order valence-electron chi connectivity index (χ1n) is 13.1. The quantitative estimate of drug-likeness (QED) is 0.257. The van der Waals surface area contributed by atoms with E-state index in [1.54, 1.807) is 29.2 Å². The maximum absolute atomic E-state index is 14.3. The topological polar surface area (TPSA) is 132 Å². The number of para-hydroxylation sites is 1. The van der Waals surface area contributed by atoms with Crippen LogP contribution in [0.1, 0.15) is 17.5 Å². The van der Waals surface area contributed by atoms with E-state index in [0.717, 1.165) is 33.5 Å². The summed E-state index contributed by atoms with van der Waals surface area (Å²) in [5.74, 6) is -3.35. The summed E-state index contributed by atoms with van der Waals surface area (Å²) in [5, 5.41) is 0. The SMILES string of the molecule is C=CCN1c2ccccc2[C@]23C[C@@H](C(=O)OC)N(S(=O)(=O)c4ccc(C(F)(F)F)cc4)C2=NC(C(=O)OC)=C(C(=O)OC)[C@H]13. The lowest BCUT2D eigenvalue weighted by Gasteiger charge is -2.40. The fraction of sp³-hybridized carbons (Fsp3) is 0.310. The smallest absolute Gasteiger partial charge is 0.416 e. The number of sulfonamides is 1. The van der Waals surface area contributed by atoms with Crippen LogP contribution in [0.25, 0.3) is 0 Å². The molecular formula is C29H26F3N3O8S. The Morgan fingerprint density at radius 3 is 2.23 bits per heavy atom. The lowest BCUT2D eigenvalue weighted by atomic mass is 9.69. The molecule has 3 aliphatic rings. The Morgan fingerprint density at radius 2 is 1.66 bits per heavy atom. The molecule has 0 bridgehead atoms. The van der Waals surface area contributed by atoms with Gasteiger partial charge in [0.15, 0.2) is 5.70 Å². The maximum Gasteiger partial charge on any atom is 0.416 e. The van der Waals surface area contributed by atoms with Gasteiger partial charge in [0.05, 0.1) is 48.8 Å². The van der Waals surface area contributed by atoms with Crippen molar-refractivity contribution in [3.05, 3.63) is 83.6 Å². The van der Waals surface area contributed by atoms with Gasteiger partial charge < -0.3 is 19.1 Å². The summed E-state index contributed by atoms with van der Waals surface area (Å²) in [4.78, 5) is 45.4. The molecule has 3 aliphatic heterocycles. The van der Waals surface area contributed by atoms with Crippen molar-refractivity contribution in [3.8, 4) is 0 Å². The predicted octanol–water partition coefficient (Wildman–Crippen LogP) is 2.97. The highest BCUT2D eigenvalue weighted by Gasteiger charge is 2.68. The summed E-state index contributed by atoms with van der Waals surface area (Å²) in [7, 11) is -1.65. The monoisotopic (exact) mass is 633 g/mol. The first-order chi connectivity index (χ1) is 20.8. The van der Waals surface area contributed by atoms with Gasteiger partial charge in [0.2, 0.25) is 0 Å². The van der Waals surface area contributed by atoms with Crippen LogP contribution in [0, 0.1) is 0 Å². The molecule has 2 aromatic rings. The Kier molecular flexibility index (Phi) is 7.56. The molecule has 5 rings (SSSR count). The molecule has 0 N–H and O–H groups in total. The van der Waals surface area contributed by atoms with Crippen LogP contribution in [0.4, 0.5) is 18.9 Å². The number of rotatable bonds is 7. The van der Waals surface area contributed by atoms with Crippen molar-refractivity contribution in [1.29, 1.82) is 0 Å². The molecule has 15 heteroatoms. The number of aliphatic imine (C=N–C) groups is 1. The van der Waals surface area contributed by atoms with E-state index >= 15 is 0 Å². The van der Waals surface area contributed by atoms with Crippen molar-refractivity contribution >= 4 is 39.5 Å². The van der Waals surface area contributed by atoms with Crippen molar-refractivity contribution < 1.29 is 50.2 Å². The van der Waals surface area contributed by atoms with Crippen LogP contribution in [-0.2, 0) is 50.2 Å². The van der Waals surface area contributed by atoms with Crippen LogP contribution in [0.15, 0.2) is 82.3 Å². The summed E-state index contributed by atoms with van der Waals surface area (Å²) >= 11 is 0. The average molecular weight is 634 g/mol. The van der Waals surface area contributed by atoms with E-state index in [2.05, 4.69) is 11.6 Å². The Morgan fingerprint density at radius 1 is 1.02 bits per heavy atom. The second-order valence-electron chi connectivity index (χ2n) is 10.1. The average Bonchev–Trinajstić information content (AvgIpc) is 3.51. The molecule has 0 radical (unpaired) electrons. The normalized spacial score (nSPS) is 22.5. The summed E-state index contributed by atoms with van der Waals surface area (Å²) in [6.45, 7) is 3.91. The molecule has 3 atom stereocenters. The Hall–Kier alpha value is -4.66. The van der Waals surface area contributed by atoms with E-state index in [0.29, 0.717) is 27.7 Å². The molecule has 232 valence electrons. The molecule has 0 aliphatic carbocycles. The van der Waals surface area contributed by atoms with Gasteiger partial charge in [-0.25, -0.2) is 32.1 Å². The van der Waals surface area contributed by atoms with Crippen LogP contribution in [0.5, 0.6) is 0 Å². The van der Waals surface area contributed by atoms with Gasteiger partial charge in [-0.1, -0.05) is 24.3 Å². The highest BCUT2D eigenvalue weighted by Crippen LogP contribution is 2.58. The molecule has 1 fully saturated rings. The highest BCUT2D eigenvalue weighted by atomic mass is 32.2. The highest BCUT2D eigenvalue weighted by molar-refractivity contribution is 7.89. The zero-order valence-corrected chi connectivity index (χ0v) is 24.4. The van der Waals surface area contributed by atoms with Crippen molar-refractivity contribution in [1.82, 2.24) is 4.31 Å². The van der Waals surface area contributed by atoms with Gasteiger partial charge in [0.25, 0.3) is 10.0 Å². The number of methoxy groups -OCH3 is 3. The van der Waals surface area contributed by atoms with Crippen molar-refractivity contribution in [2.45, 2.75) is 35.0 Å². The number of alkyl halides is 3. The fourth-order valence-corrected chi connectivity index (χ4v) is 7.86. The van der Waals surface area contributed by atoms with Gasteiger partial charge >= 0.3 is 24.1 Å². The number of ether oxygens (including phenoxy) is 3. The van der Waals surface area contributed by atoms with Crippen molar-refractivity contribution in [2.75, 3.05) is 32.8 Å².